The quantitative estimate of drug-likeness (QED) is 0.263. The van der Waals surface area contributed by atoms with Crippen molar-refractivity contribution in [2.45, 2.75) is 13.8 Å². The van der Waals surface area contributed by atoms with Crippen molar-refractivity contribution >= 4 is 23.2 Å². The molecule has 1 aromatic carbocycles. The van der Waals surface area contributed by atoms with Gasteiger partial charge in [0.2, 0.25) is 0 Å². The van der Waals surface area contributed by atoms with Gasteiger partial charge in [0.05, 0.1) is 24.9 Å². The Morgan fingerprint density at radius 1 is 1.10 bits per heavy atom. The average Bonchev–Trinajstić information content (AvgIpc) is 2.49. The Morgan fingerprint density at radius 2 is 1.67 bits per heavy atom. The molecular weight excluding hydrogens is 272 g/mol. The maximum Gasteiger partial charge on any atom is 0.421 e. The largest absolute Gasteiger partial charge is 0.462 e. The number of carbonyl (C=O) groups excluding carboxylic acids is 2. The third-order valence-electron chi connectivity index (χ3n) is 2.45. The zero-order chi connectivity index (χ0) is 15.7. The van der Waals surface area contributed by atoms with Crippen LogP contribution in [0.25, 0.3) is 11.1 Å². The van der Waals surface area contributed by atoms with Gasteiger partial charge in [0, 0.05) is 0 Å². The van der Waals surface area contributed by atoms with Gasteiger partial charge in [0.15, 0.2) is 0 Å². The van der Waals surface area contributed by atoms with E-state index in [0.717, 1.165) is 6.08 Å². The minimum atomic E-state index is -0.822. The van der Waals surface area contributed by atoms with E-state index >= 15 is 0 Å². The maximum absolute atomic E-state index is 12.0. The lowest BCUT2D eigenvalue weighted by atomic mass is 10.0. The minimum Gasteiger partial charge on any atom is -0.462 e. The summed E-state index contributed by atoms with van der Waals surface area (Å²) in [4.78, 5) is 26.5. The Morgan fingerprint density at radius 3 is 2.19 bits per heavy atom. The van der Waals surface area contributed by atoms with Crippen molar-refractivity contribution in [1.29, 1.82) is 0 Å². The molecule has 0 aliphatic rings. The first-order valence-corrected chi connectivity index (χ1v) is 6.47. The molecule has 6 nitrogen and oxygen atoms in total. The predicted molar refractivity (Wildman–Crippen MR) is 76.3 cm³/mol. The monoisotopic (exact) mass is 288 g/mol. The summed E-state index contributed by atoms with van der Waals surface area (Å²) in [7, 11) is 0. The lowest BCUT2D eigenvalue weighted by Gasteiger charge is -2.06. The molecule has 0 atom stereocenters. The topological polar surface area (TPSA) is 89.0 Å². The fraction of sp³-hybridized carbons (Fsp3) is 0.267. The van der Waals surface area contributed by atoms with Crippen molar-refractivity contribution in [3.63, 3.8) is 0 Å². The van der Waals surface area contributed by atoms with Crippen molar-refractivity contribution < 1.29 is 23.9 Å². The summed E-state index contributed by atoms with van der Waals surface area (Å²) in [6.45, 7) is 3.62. The van der Waals surface area contributed by atoms with Crippen LogP contribution in [0.3, 0.4) is 0 Å². The van der Waals surface area contributed by atoms with E-state index in [1.807, 2.05) is 0 Å². The number of ether oxygens (including phenoxy) is 2. The number of hydrogen-bond donors (Lipinski definition) is 0. The van der Waals surface area contributed by atoms with Gasteiger partial charge < -0.3 is 15.0 Å². The lowest BCUT2D eigenvalue weighted by molar-refractivity contribution is -0.139. The summed E-state index contributed by atoms with van der Waals surface area (Å²) in [6.07, 6.45) is 1.14. The highest BCUT2D eigenvalue weighted by atomic mass is 16.5. The summed E-state index contributed by atoms with van der Waals surface area (Å²) in [5.74, 6) is -1.44. The first kappa shape index (κ1) is 16.3. The Balaban J connectivity index is 3.23. The van der Waals surface area contributed by atoms with Crippen LogP contribution in [0.15, 0.2) is 36.4 Å². The van der Waals surface area contributed by atoms with Crippen LogP contribution >= 0.6 is 0 Å². The third kappa shape index (κ3) is 4.71. The van der Waals surface area contributed by atoms with Crippen molar-refractivity contribution in [2.24, 2.45) is 0 Å². The molecule has 0 saturated heterocycles. The van der Waals surface area contributed by atoms with Crippen LogP contribution in [0.5, 0.6) is 0 Å². The summed E-state index contributed by atoms with van der Waals surface area (Å²) in [5, 5.41) is 0. The molecule has 0 fully saturated rings. The number of esters is 2. The van der Waals surface area contributed by atoms with E-state index in [1.165, 1.54) is 0 Å². The maximum atomic E-state index is 12.0. The zero-order valence-electron chi connectivity index (χ0n) is 11.9. The first-order chi connectivity index (χ1) is 10.1. The van der Waals surface area contributed by atoms with Crippen molar-refractivity contribution in [1.82, 2.24) is 0 Å². The highest BCUT2D eigenvalue weighted by Crippen LogP contribution is 2.16. The molecule has 0 aliphatic heterocycles. The van der Waals surface area contributed by atoms with Crippen LogP contribution in [0.2, 0.25) is 0 Å². The molecule has 0 bridgehead atoms. The van der Waals surface area contributed by atoms with Gasteiger partial charge >= 0.3 is 17.7 Å². The third-order valence-corrected chi connectivity index (χ3v) is 2.45. The number of rotatable bonds is 6. The SMILES string of the molecule is CCOC(=O)C(/C=C(\C(=O)OCC)c1ccccc1)=[N+]=[N-]. The molecule has 21 heavy (non-hydrogen) atoms. The molecule has 0 aliphatic carbocycles. The van der Waals surface area contributed by atoms with Gasteiger partial charge in [-0.3, -0.25) is 0 Å². The van der Waals surface area contributed by atoms with Crippen LogP contribution in [-0.4, -0.2) is 35.7 Å². The van der Waals surface area contributed by atoms with Gasteiger partial charge in [-0.15, -0.1) is 0 Å². The molecule has 0 saturated carbocycles. The molecule has 0 aromatic heterocycles. The Bertz CT molecular complexity index is 587. The Hall–Kier alpha value is -2.72. The molecular formula is C15H16N2O4. The Labute approximate surface area is 122 Å². The van der Waals surface area contributed by atoms with Crippen LogP contribution in [0, 0.1) is 0 Å². The van der Waals surface area contributed by atoms with E-state index in [1.54, 1.807) is 44.2 Å². The van der Waals surface area contributed by atoms with Crippen LogP contribution in [-0.2, 0) is 19.1 Å². The van der Waals surface area contributed by atoms with Gasteiger partial charge in [-0.2, -0.15) is 4.79 Å². The normalized spacial score (nSPS) is 10.5. The number of nitrogens with zero attached hydrogens (tertiary/aromatic N) is 2. The van der Waals surface area contributed by atoms with Crippen LogP contribution in [0.1, 0.15) is 19.4 Å². The molecule has 0 unspecified atom stereocenters. The second-order valence-corrected chi connectivity index (χ2v) is 3.85. The van der Waals surface area contributed by atoms with E-state index in [2.05, 4.69) is 4.79 Å². The number of hydrogen-bond acceptors (Lipinski definition) is 4. The predicted octanol–water partition coefficient (Wildman–Crippen LogP) is 1.87. The second kappa shape index (κ2) is 8.45. The van der Waals surface area contributed by atoms with Crippen molar-refractivity contribution in [3.8, 4) is 0 Å². The highest BCUT2D eigenvalue weighted by Gasteiger charge is 2.23. The molecule has 110 valence electrons. The standard InChI is InChI=1S/C15H16N2O4/c1-3-20-14(18)12(11-8-6-5-7-9-11)10-13(17-16)15(19)21-4-2/h5-10H,3-4H2,1-2H3/b12-10-. The van der Waals surface area contributed by atoms with Gasteiger partial charge in [-0.25, -0.2) is 9.59 Å². The zero-order valence-corrected chi connectivity index (χ0v) is 11.9. The molecule has 0 amide bonds. The molecule has 0 radical (unpaired) electrons. The summed E-state index contributed by atoms with van der Waals surface area (Å²) >= 11 is 0. The van der Waals surface area contributed by atoms with E-state index in [-0.39, 0.29) is 24.5 Å². The van der Waals surface area contributed by atoms with E-state index < -0.39 is 11.9 Å². The van der Waals surface area contributed by atoms with Gasteiger partial charge in [-0.1, -0.05) is 30.3 Å². The molecule has 1 aromatic rings. The van der Waals surface area contributed by atoms with E-state index in [0.29, 0.717) is 5.56 Å². The summed E-state index contributed by atoms with van der Waals surface area (Å²) in [5.41, 5.74) is 9.20. The lowest BCUT2D eigenvalue weighted by Crippen LogP contribution is -2.18. The minimum absolute atomic E-state index is 0.110. The number of carbonyl (C=O) groups is 2. The molecule has 0 N–H and O–H groups in total. The van der Waals surface area contributed by atoms with Crippen LogP contribution < -0.4 is 0 Å². The first-order valence-electron chi connectivity index (χ1n) is 6.47. The smallest absolute Gasteiger partial charge is 0.421 e. The molecule has 0 spiro atoms. The summed E-state index contributed by atoms with van der Waals surface area (Å²) in [6, 6.07) is 8.63. The van der Waals surface area contributed by atoms with Crippen molar-refractivity contribution in [2.75, 3.05) is 13.2 Å². The van der Waals surface area contributed by atoms with E-state index in [4.69, 9.17) is 15.0 Å². The van der Waals surface area contributed by atoms with Gasteiger partial charge in [0.25, 0.3) is 0 Å². The van der Waals surface area contributed by atoms with Crippen molar-refractivity contribution in [3.05, 3.63) is 47.5 Å². The average molecular weight is 288 g/mol. The van der Waals surface area contributed by atoms with E-state index in [9.17, 15) is 9.59 Å². The highest BCUT2D eigenvalue weighted by molar-refractivity contribution is 6.42. The van der Waals surface area contributed by atoms with Gasteiger partial charge in [-0.05, 0) is 19.4 Å². The Kier molecular flexibility index (Phi) is 6.57. The fourth-order valence-corrected chi connectivity index (χ4v) is 1.56. The molecule has 0 heterocycles. The fourth-order valence-electron chi connectivity index (χ4n) is 1.56. The van der Waals surface area contributed by atoms with Crippen LogP contribution in [0.4, 0.5) is 0 Å². The second-order valence-electron chi connectivity index (χ2n) is 3.85. The van der Waals surface area contributed by atoms with Gasteiger partial charge in [0.1, 0.15) is 0 Å². The molecule has 1 rings (SSSR count). The number of benzene rings is 1. The molecule has 6 heteroatoms. The summed E-state index contributed by atoms with van der Waals surface area (Å²) < 4.78 is 9.69.